The third-order valence-electron chi connectivity index (χ3n) is 3.81. The quantitative estimate of drug-likeness (QED) is 0.377. The van der Waals surface area contributed by atoms with Gasteiger partial charge in [-0.1, -0.05) is 17.3 Å². The second-order valence-electron chi connectivity index (χ2n) is 6.10. The van der Waals surface area contributed by atoms with Crippen molar-refractivity contribution >= 4 is 11.9 Å². The molecule has 0 unspecified atom stereocenters. The predicted octanol–water partition coefficient (Wildman–Crippen LogP) is 0.500. The van der Waals surface area contributed by atoms with Gasteiger partial charge in [-0.25, -0.2) is 4.99 Å². The van der Waals surface area contributed by atoms with E-state index < -0.39 is 0 Å². The van der Waals surface area contributed by atoms with Crippen LogP contribution in [0.5, 0.6) is 5.75 Å². The maximum absolute atomic E-state index is 11.8. The van der Waals surface area contributed by atoms with Gasteiger partial charge in [0.15, 0.2) is 5.96 Å². The highest BCUT2D eigenvalue weighted by Gasteiger charge is 2.06. The van der Waals surface area contributed by atoms with Crippen molar-refractivity contribution in [1.82, 2.24) is 30.5 Å². The maximum atomic E-state index is 11.8. The number of carbonyl (C=O) groups is 1. The average molecular weight is 373 g/mol. The van der Waals surface area contributed by atoms with E-state index in [0.29, 0.717) is 19.0 Å². The highest BCUT2D eigenvalue weighted by atomic mass is 16.5. The molecule has 2 rings (SSSR count). The van der Waals surface area contributed by atoms with Crippen LogP contribution in [-0.2, 0) is 17.9 Å². The van der Waals surface area contributed by atoms with Crippen molar-refractivity contribution in [1.29, 1.82) is 0 Å². The maximum Gasteiger partial charge on any atom is 0.241 e. The Kier molecular flexibility index (Phi) is 8.08. The number of nitrogens with one attached hydrogen (secondary N) is 2. The van der Waals surface area contributed by atoms with Crippen LogP contribution in [-0.4, -0.2) is 66.1 Å². The number of rotatable bonds is 9. The van der Waals surface area contributed by atoms with Crippen LogP contribution in [0.25, 0.3) is 0 Å². The summed E-state index contributed by atoms with van der Waals surface area (Å²) in [5, 5.41) is 14.0. The number of likely N-dealkylation sites (N-methyl/N-ethyl adjacent to an activating group) is 1. The van der Waals surface area contributed by atoms with Gasteiger partial charge in [-0.05, 0) is 24.1 Å². The number of nitrogens with zero attached hydrogens (tertiary/aromatic N) is 5. The summed E-state index contributed by atoms with van der Waals surface area (Å²) in [6.45, 7) is 2.14. The van der Waals surface area contributed by atoms with Crippen LogP contribution >= 0.6 is 0 Å². The van der Waals surface area contributed by atoms with E-state index in [2.05, 4.69) is 25.9 Å². The highest BCUT2D eigenvalue weighted by molar-refractivity contribution is 5.86. The fourth-order valence-corrected chi connectivity index (χ4v) is 2.19. The van der Waals surface area contributed by atoms with E-state index in [0.717, 1.165) is 24.3 Å². The van der Waals surface area contributed by atoms with E-state index in [4.69, 9.17) is 4.74 Å². The zero-order valence-electron chi connectivity index (χ0n) is 16.1. The number of methoxy groups -OCH3 is 1. The van der Waals surface area contributed by atoms with Crippen LogP contribution in [0.2, 0.25) is 0 Å². The second kappa shape index (κ2) is 10.8. The summed E-state index contributed by atoms with van der Waals surface area (Å²) in [7, 11) is 5.09. The molecule has 0 fully saturated rings. The average Bonchev–Trinajstić information content (AvgIpc) is 3.20. The third kappa shape index (κ3) is 7.35. The number of aryl methyl sites for hydroxylation is 1. The van der Waals surface area contributed by atoms with Gasteiger partial charge in [0.25, 0.3) is 0 Å². The number of hydrogen-bond donors (Lipinski definition) is 2. The predicted molar refractivity (Wildman–Crippen MR) is 103 cm³/mol. The first-order valence-electron chi connectivity index (χ1n) is 8.78. The van der Waals surface area contributed by atoms with Crippen molar-refractivity contribution in [2.75, 3.05) is 34.3 Å². The fraction of sp³-hybridized carbons (Fsp3) is 0.444. The number of benzene rings is 1. The minimum Gasteiger partial charge on any atom is -0.497 e. The Morgan fingerprint density at radius 2 is 2.04 bits per heavy atom. The molecule has 1 amide bonds. The van der Waals surface area contributed by atoms with Crippen molar-refractivity contribution in [3.8, 4) is 5.75 Å². The summed E-state index contributed by atoms with van der Waals surface area (Å²) in [6.07, 6.45) is 4.34. The molecule has 0 aliphatic heterocycles. The number of carbonyl (C=O) groups excluding carboxylic acids is 1. The molecular formula is C18H27N7O2. The Labute approximate surface area is 159 Å². The normalized spacial score (nSPS) is 11.1. The number of ether oxygens (including phenoxy) is 1. The van der Waals surface area contributed by atoms with Gasteiger partial charge < -0.3 is 20.3 Å². The van der Waals surface area contributed by atoms with Crippen molar-refractivity contribution in [3.63, 3.8) is 0 Å². The van der Waals surface area contributed by atoms with Crippen LogP contribution < -0.4 is 15.4 Å². The molecule has 27 heavy (non-hydrogen) atoms. The van der Waals surface area contributed by atoms with Gasteiger partial charge in [0.05, 0.1) is 26.4 Å². The van der Waals surface area contributed by atoms with E-state index in [-0.39, 0.29) is 12.5 Å². The highest BCUT2D eigenvalue weighted by Crippen LogP contribution is 2.11. The Balaban J connectivity index is 1.88. The number of hydrogen-bond acceptors (Lipinski definition) is 5. The number of amides is 1. The summed E-state index contributed by atoms with van der Waals surface area (Å²) < 4.78 is 6.94. The molecule has 0 aliphatic rings. The minimum atomic E-state index is -0.0171. The lowest BCUT2D eigenvalue weighted by molar-refractivity contribution is -0.127. The molecule has 1 heterocycles. The van der Waals surface area contributed by atoms with Gasteiger partial charge in [0.1, 0.15) is 5.75 Å². The Morgan fingerprint density at radius 3 is 2.67 bits per heavy atom. The molecule has 146 valence electrons. The van der Waals surface area contributed by atoms with Gasteiger partial charge in [-0.2, -0.15) is 0 Å². The molecule has 0 aliphatic carbocycles. The standard InChI is InChI=1S/C18H27N7O2/c1-24(2)17(26)14-21-18(19-9-4-11-25-12-10-22-23-25)20-13-15-5-7-16(27-3)8-6-15/h5-8,10,12H,4,9,11,13-14H2,1-3H3,(H2,19,20,21). The largest absolute Gasteiger partial charge is 0.497 e. The Hall–Kier alpha value is -3.10. The summed E-state index contributed by atoms with van der Waals surface area (Å²) in [6, 6.07) is 7.74. The lowest BCUT2D eigenvalue weighted by Gasteiger charge is -2.15. The molecule has 0 radical (unpaired) electrons. The van der Waals surface area contributed by atoms with Crippen molar-refractivity contribution in [2.24, 2.45) is 4.99 Å². The van der Waals surface area contributed by atoms with E-state index in [1.54, 1.807) is 37.0 Å². The molecule has 1 aromatic heterocycles. The molecule has 9 heteroatoms. The van der Waals surface area contributed by atoms with Crippen molar-refractivity contribution < 1.29 is 9.53 Å². The first kappa shape index (κ1) is 20.2. The van der Waals surface area contributed by atoms with Crippen LogP contribution in [0, 0.1) is 0 Å². The van der Waals surface area contributed by atoms with Gasteiger partial charge in [0.2, 0.25) is 5.91 Å². The smallest absolute Gasteiger partial charge is 0.241 e. The first-order chi connectivity index (χ1) is 13.1. The lowest BCUT2D eigenvalue weighted by atomic mass is 10.2. The molecule has 2 aromatic rings. The van der Waals surface area contributed by atoms with E-state index in [9.17, 15) is 4.79 Å². The number of aliphatic imine (C=N–C) groups is 1. The SMILES string of the molecule is COc1ccc(CN=C(NCCCn2ccnn2)NCC(=O)N(C)C)cc1. The van der Waals surface area contributed by atoms with E-state index in [1.165, 1.54) is 0 Å². The van der Waals surface area contributed by atoms with E-state index >= 15 is 0 Å². The topological polar surface area (TPSA) is 96.7 Å². The first-order valence-corrected chi connectivity index (χ1v) is 8.78. The molecule has 0 saturated carbocycles. The number of guanidine groups is 1. The van der Waals surface area contributed by atoms with Crippen molar-refractivity contribution in [3.05, 3.63) is 42.2 Å². The van der Waals surface area contributed by atoms with Crippen LogP contribution in [0.4, 0.5) is 0 Å². The summed E-state index contributed by atoms with van der Waals surface area (Å²) >= 11 is 0. The number of aromatic nitrogens is 3. The van der Waals surface area contributed by atoms with Gasteiger partial charge in [0, 0.05) is 33.4 Å². The van der Waals surface area contributed by atoms with Gasteiger partial charge in [-0.15, -0.1) is 5.10 Å². The Morgan fingerprint density at radius 1 is 1.26 bits per heavy atom. The zero-order valence-corrected chi connectivity index (χ0v) is 16.1. The molecule has 1 aromatic carbocycles. The molecule has 9 nitrogen and oxygen atoms in total. The molecule has 0 spiro atoms. The van der Waals surface area contributed by atoms with E-state index in [1.807, 2.05) is 30.5 Å². The second-order valence-corrected chi connectivity index (χ2v) is 6.10. The monoisotopic (exact) mass is 373 g/mol. The van der Waals surface area contributed by atoms with Crippen molar-refractivity contribution in [2.45, 2.75) is 19.5 Å². The molecule has 2 N–H and O–H groups in total. The van der Waals surface area contributed by atoms with Gasteiger partial charge >= 0.3 is 0 Å². The molecule has 0 saturated heterocycles. The minimum absolute atomic E-state index is 0.0171. The molecular weight excluding hydrogens is 346 g/mol. The van der Waals surface area contributed by atoms with Gasteiger partial charge in [-0.3, -0.25) is 9.48 Å². The summed E-state index contributed by atoms with van der Waals surface area (Å²) in [4.78, 5) is 17.9. The third-order valence-corrected chi connectivity index (χ3v) is 3.81. The lowest BCUT2D eigenvalue weighted by Crippen LogP contribution is -2.43. The van der Waals surface area contributed by atoms with Crippen LogP contribution in [0.3, 0.4) is 0 Å². The van der Waals surface area contributed by atoms with Crippen LogP contribution in [0.15, 0.2) is 41.7 Å². The molecule has 0 atom stereocenters. The summed E-state index contributed by atoms with van der Waals surface area (Å²) in [5.74, 6) is 1.39. The summed E-state index contributed by atoms with van der Waals surface area (Å²) in [5.41, 5.74) is 1.05. The fourth-order valence-electron chi connectivity index (χ4n) is 2.19. The van der Waals surface area contributed by atoms with Crippen LogP contribution in [0.1, 0.15) is 12.0 Å². The zero-order chi connectivity index (χ0) is 19.5. The Bertz CT molecular complexity index is 712. The molecule has 0 bridgehead atoms.